The van der Waals surface area contributed by atoms with E-state index in [4.69, 9.17) is 22.1 Å². The summed E-state index contributed by atoms with van der Waals surface area (Å²) in [6, 6.07) is 4.00. The second-order valence-electron chi connectivity index (χ2n) is 2.88. The lowest BCUT2D eigenvalue weighted by Gasteiger charge is -2.03. The Labute approximate surface area is 92.7 Å². The van der Waals surface area contributed by atoms with Crippen LogP contribution in [0, 0.1) is 5.82 Å². The summed E-state index contributed by atoms with van der Waals surface area (Å²) in [6.45, 7) is 0.940. The van der Waals surface area contributed by atoms with E-state index in [2.05, 4.69) is 4.99 Å². The molecule has 15 heavy (non-hydrogen) atoms. The van der Waals surface area contributed by atoms with Crippen LogP contribution in [0.25, 0.3) is 0 Å². The van der Waals surface area contributed by atoms with Crippen molar-refractivity contribution in [3.63, 3.8) is 0 Å². The Hall–Kier alpha value is -1.13. The van der Waals surface area contributed by atoms with Gasteiger partial charge in [-0.15, -0.1) is 0 Å². The molecule has 0 saturated carbocycles. The van der Waals surface area contributed by atoms with Gasteiger partial charge in [-0.25, -0.2) is 4.39 Å². The average Bonchev–Trinajstić information content (AvgIpc) is 2.17. The van der Waals surface area contributed by atoms with Gasteiger partial charge in [-0.1, -0.05) is 11.6 Å². The van der Waals surface area contributed by atoms with E-state index in [-0.39, 0.29) is 10.9 Å². The Kier molecular flexibility index (Phi) is 4.52. The molecular formula is C10H12ClFN2O. The molecule has 0 saturated heterocycles. The number of halogens is 2. The highest BCUT2D eigenvalue weighted by Gasteiger charge is 2.05. The fraction of sp³-hybridized carbons (Fsp3) is 0.300. The molecule has 0 atom stereocenters. The molecule has 0 aromatic heterocycles. The molecule has 82 valence electrons. The quantitative estimate of drug-likeness (QED) is 0.487. The smallest absolute Gasteiger partial charge is 0.127 e. The summed E-state index contributed by atoms with van der Waals surface area (Å²) in [4.78, 5) is 4.04. The van der Waals surface area contributed by atoms with Gasteiger partial charge in [0.05, 0.1) is 18.2 Å². The van der Waals surface area contributed by atoms with Crippen LogP contribution in [0.2, 0.25) is 5.02 Å². The number of rotatable bonds is 4. The number of nitrogens with two attached hydrogens (primary N) is 1. The molecule has 1 rings (SSSR count). The number of ether oxygens (including phenoxy) is 1. The van der Waals surface area contributed by atoms with E-state index >= 15 is 0 Å². The van der Waals surface area contributed by atoms with Crippen molar-refractivity contribution in [2.24, 2.45) is 10.7 Å². The van der Waals surface area contributed by atoms with E-state index in [9.17, 15) is 4.39 Å². The Morgan fingerprint density at radius 2 is 2.33 bits per heavy atom. The average molecular weight is 231 g/mol. The zero-order valence-electron chi connectivity index (χ0n) is 8.34. The second kappa shape index (κ2) is 5.68. The maximum Gasteiger partial charge on any atom is 0.127 e. The van der Waals surface area contributed by atoms with Crippen molar-refractivity contribution in [3.05, 3.63) is 34.6 Å². The van der Waals surface area contributed by atoms with Crippen LogP contribution < -0.4 is 5.73 Å². The second-order valence-corrected chi connectivity index (χ2v) is 3.29. The topological polar surface area (TPSA) is 47.6 Å². The monoisotopic (exact) mass is 230 g/mol. The first kappa shape index (κ1) is 11.9. The lowest BCUT2D eigenvalue weighted by atomic mass is 10.2. The van der Waals surface area contributed by atoms with Crippen molar-refractivity contribution in [1.82, 2.24) is 0 Å². The highest BCUT2D eigenvalue weighted by molar-refractivity contribution is 6.34. The van der Waals surface area contributed by atoms with Crippen LogP contribution in [0.4, 0.5) is 4.39 Å². The predicted octanol–water partition coefficient (Wildman–Crippen LogP) is 1.83. The third kappa shape index (κ3) is 3.49. The molecule has 0 unspecified atom stereocenters. The summed E-state index contributed by atoms with van der Waals surface area (Å²) < 4.78 is 17.6. The first-order valence-corrected chi connectivity index (χ1v) is 4.77. The van der Waals surface area contributed by atoms with E-state index in [1.165, 1.54) is 18.2 Å². The molecule has 0 spiro atoms. The summed E-state index contributed by atoms with van der Waals surface area (Å²) in [5.41, 5.74) is 6.21. The Morgan fingerprint density at radius 3 is 2.93 bits per heavy atom. The van der Waals surface area contributed by atoms with Crippen molar-refractivity contribution < 1.29 is 9.13 Å². The summed E-state index contributed by atoms with van der Waals surface area (Å²) >= 11 is 5.81. The molecule has 0 aliphatic rings. The zero-order chi connectivity index (χ0) is 11.3. The summed E-state index contributed by atoms with van der Waals surface area (Å²) in [6.07, 6.45) is 0. The fourth-order valence-corrected chi connectivity index (χ4v) is 1.30. The minimum atomic E-state index is -0.395. The molecule has 0 heterocycles. The van der Waals surface area contributed by atoms with Gasteiger partial charge >= 0.3 is 0 Å². The van der Waals surface area contributed by atoms with Crippen molar-refractivity contribution in [1.29, 1.82) is 0 Å². The zero-order valence-corrected chi connectivity index (χ0v) is 9.09. The molecule has 2 N–H and O–H groups in total. The maximum atomic E-state index is 12.7. The molecule has 3 nitrogen and oxygen atoms in total. The molecule has 0 amide bonds. The predicted molar refractivity (Wildman–Crippen MR) is 58.9 cm³/mol. The Balaban J connectivity index is 2.81. The van der Waals surface area contributed by atoms with E-state index < -0.39 is 5.82 Å². The van der Waals surface area contributed by atoms with Gasteiger partial charge in [0.1, 0.15) is 11.7 Å². The van der Waals surface area contributed by atoms with Crippen LogP contribution in [-0.2, 0) is 4.74 Å². The first-order valence-electron chi connectivity index (χ1n) is 4.39. The van der Waals surface area contributed by atoms with Crippen LogP contribution in [0.5, 0.6) is 0 Å². The third-order valence-electron chi connectivity index (χ3n) is 1.78. The Bertz CT molecular complexity index is 368. The SMILES string of the molecule is COCCN=C(N)c1ccc(F)cc1Cl. The van der Waals surface area contributed by atoms with Gasteiger partial charge in [0.25, 0.3) is 0 Å². The molecule has 0 fully saturated rings. The van der Waals surface area contributed by atoms with Crippen LogP contribution >= 0.6 is 11.6 Å². The van der Waals surface area contributed by atoms with Crippen molar-refractivity contribution >= 4 is 17.4 Å². The molecule has 0 aliphatic heterocycles. The summed E-state index contributed by atoms with van der Waals surface area (Å²) in [5, 5.41) is 0.258. The first-order chi connectivity index (χ1) is 7.15. The van der Waals surface area contributed by atoms with Gasteiger partial charge in [0.15, 0.2) is 0 Å². The minimum absolute atomic E-state index is 0.258. The fourth-order valence-electron chi connectivity index (χ4n) is 1.04. The van der Waals surface area contributed by atoms with Crippen LogP contribution in [0.1, 0.15) is 5.56 Å². The van der Waals surface area contributed by atoms with Crippen LogP contribution in [0.15, 0.2) is 23.2 Å². The molecule has 0 radical (unpaired) electrons. The van der Waals surface area contributed by atoms with Crippen molar-refractivity contribution in [3.8, 4) is 0 Å². The number of hydrogen-bond donors (Lipinski definition) is 1. The standard InChI is InChI=1S/C10H12ClFN2O/c1-15-5-4-14-10(13)8-3-2-7(12)6-9(8)11/h2-3,6H,4-5H2,1H3,(H2,13,14). The number of benzene rings is 1. The van der Waals surface area contributed by atoms with Gasteiger partial charge in [-0.3, -0.25) is 4.99 Å². The van der Waals surface area contributed by atoms with E-state index in [1.54, 1.807) is 7.11 Å². The van der Waals surface area contributed by atoms with Gasteiger partial charge in [0, 0.05) is 12.7 Å². The molecule has 1 aromatic carbocycles. The Morgan fingerprint density at radius 1 is 1.60 bits per heavy atom. The highest BCUT2D eigenvalue weighted by Crippen LogP contribution is 2.16. The summed E-state index contributed by atoms with van der Waals surface area (Å²) in [7, 11) is 1.58. The van der Waals surface area contributed by atoms with Gasteiger partial charge in [0.2, 0.25) is 0 Å². The lowest BCUT2D eigenvalue weighted by molar-refractivity contribution is 0.208. The molecule has 5 heteroatoms. The van der Waals surface area contributed by atoms with Gasteiger partial charge in [-0.2, -0.15) is 0 Å². The van der Waals surface area contributed by atoms with Crippen molar-refractivity contribution in [2.45, 2.75) is 0 Å². The normalized spacial score (nSPS) is 11.8. The minimum Gasteiger partial charge on any atom is -0.383 e. The molecule has 1 aromatic rings. The summed E-state index contributed by atoms with van der Waals surface area (Å²) in [5.74, 6) is -0.106. The number of hydrogen-bond acceptors (Lipinski definition) is 2. The third-order valence-corrected chi connectivity index (χ3v) is 2.10. The van der Waals surface area contributed by atoms with E-state index in [0.29, 0.717) is 18.7 Å². The lowest BCUT2D eigenvalue weighted by Crippen LogP contribution is -2.15. The number of methoxy groups -OCH3 is 1. The van der Waals surface area contributed by atoms with Crippen molar-refractivity contribution in [2.75, 3.05) is 20.3 Å². The largest absolute Gasteiger partial charge is 0.383 e. The molecular weight excluding hydrogens is 219 g/mol. The molecule has 0 bridgehead atoms. The van der Waals surface area contributed by atoms with Crippen LogP contribution in [0.3, 0.4) is 0 Å². The maximum absolute atomic E-state index is 12.7. The number of aliphatic imine (C=N–C) groups is 1. The molecule has 0 aliphatic carbocycles. The highest BCUT2D eigenvalue weighted by atomic mass is 35.5. The number of amidine groups is 1. The van der Waals surface area contributed by atoms with E-state index in [0.717, 1.165) is 0 Å². The van der Waals surface area contributed by atoms with Gasteiger partial charge in [-0.05, 0) is 18.2 Å². The van der Waals surface area contributed by atoms with Crippen LogP contribution in [-0.4, -0.2) is 26.1 Å². The number of nitrogens with zero attached hydrogens (tertiary/aromatic N) is 1. The van der Waals surface area contributed by atoms with Gasteiger partial charge < -0.3 is 10.5 Å². The van der Waals surface area contributed by atoms with E-state index in [1.807, 2.05) is 0 Å².